The molecular formula is C19H22O5. The van der Waals surface area contributed by atoms with Crippen molar-refractivity contribution >= 4 is 18.0 Å². The van der Waals surface area contributed by atoms with Gasteiger partial charge in [0.2, 0.25) is 0 Å². The van der Waals surface area contributed by atoms with E-state index in [0.29, 0.717) is 12.8 Å². The molecule has 24 heavy (non-hydrogen) atoms. The summed E-state index contributed by atoms with van der Waals surface area (Å²) in [5.74, 6) is 0.238. The summed E-state index contributed by atoms with van der Waals surface area (Å²) in [5, 5.41) is 0. The van der Waals surface area contributed by atoms with E-state index in [9.17, 15) is 14.4 Å². The zero-order valence-corrected chi connectivity index (χ0v) is 14.0. The summed E-state index contributed by atoms with van der Waals surface area (Å²) in [6, 6.07) is 5.97. The molecule has 2 aliphatic rings. The zero-order valence-electron chi connectivity index (χ0n) is 14.0. The van der Waals surface area contributed by atoms with Crippen molar-refractivity contribution in [2.45, 2.75) is 57.7 Å². The van der Waals surface area contributed by atoms with Gasteiger partial charge in [-0.2, -0.15) is 0 Å². The summed E-state index contributed by atoms with van der Waals surface area (Å²) in [6.45, 7) is 2.96. The average Bonchev–Trinajstić information content (AvgIpc) is 3.02. The average molecular weight is 330 g/mol. The van der Waals surface area contributed by atoms with Gasteiger partial charge in [0.15, 0.2) is 0 Å². The van der Waals surface area contributed by atoms with E-state index >= 15 is 0 Å². The molecule has 1 aliphatic heterocycles. The molecule has 5 heteroatoms. The summed E-state index contributed by atoms with van der Waals surface area (Å²) >= 11 is 0. The van der Waals surface area contributed by atoms with Crippen LogP contribution in [0.5, 0.6) is 5.75 Å². The van der Waals surface area contributed by atoms with Crippen LogP contribution in [0, 0.1) is 5.92 Å². The van der Waals surface area contributed by atoms with Crippen LogP contribution < -0.4 is 4.74 Å². The number of fused-ring (bicyclic) bond motifs is 3. The first-order valence-corrected chi connectivity index (χ1v) is 8.41. The van der Waals surface area contributed by atoms with Gasteiger partial charge in [0.05, 0.1) is 5.92 Å². The van der Waals surface area contributed by atoms with E-state index in [0.717, 1.165) is 36.0 Å². The van der Waals surface area contributed by atoms with Crippen LogP contribution in [0.3, 0.4) is 0 Å². The topological polar surface area (TPSA) is 69.7 Å². The van der Waals surface area contributed by atoms with Crippen molar-refractivity contribution in [3.63, 3.8) is 0 Å². The maximum atomic E-state index is 11.6. The third-order valence-electron chi connectivity index (χ3n) is 4.91. The molecule has 0 amide bonds. The van der Waals surface area contributed by atoms with Gasteiger partial charge in [0, 0.05) is 31.2 Å². The van der Waals surface area contributed by atoms with Crippen LogP contribution in [0.1, 0.15) is 50.2 Å². The number of aldehydes is 1. The molecule has 0 aromatic heterocycles. The van der Waals surface area contributed by atoms with Crippen LogP contribution in [0.4, 0.5) is 0 Å². The van der Waals surface area contributed by atoms with Crippen LogP contribution in [-0.2, 0) is 25.5 Å². The fourth-order valence-corrected chi connectivity index (χ4v) is 3.94. The Bertz CT molecular complexity index is 666. The molecule has 1 saturated carbocycles. The van der Waals surface area contributed by atoms with Crippen LogP contribution in [0.25, 0.3) is 0 Å². The first-order valence-electron chi connectivity index (χ1n) is 8.41. The number of aryl methyl sites for hydroxylation is 1. The predicted molar refractivity (Wildman–Crippen MR) is 86.9 cm³/mol. The van der Waals surface area contributed by atoms with Gasteiger partial charge in [-0.3, -0.25) is 4.79 Å². The third kappa shape index (κ3) is 3.07. The van der Waals surface area contributed by atoms with E-state index < -0.39 is 6.10 Å². The highest BCUT2D eigenvalue weighted by atomic mass is 16.5. The Hall–Kier alpha value is -2.17. The predicted octanol–water partition coefficient (Wildman–Crippen LogP) is 2.59. The Kier molecular flexibility index (Phi) is 4.69. The van der Waals surface area contributed by atoms with E-state index in [1.807, 2.05) is 18.2 Å². The molecule has 1 aromatic rings. The first-order chi connectivity index (χ1) is 11.5. The number of ketones is 1. The molecular weight excluding hydrogens is 308 g/mol. The highest BCUT2D eigenvalue weighted by Gasteiger charge is 2.51. The number of hydrogen-bond acceptors (Lipinski definition) is 5. The van der Waals surface area contributed by atoms with Gasteiger partial charge in [0.25, 0.3) is 0 Å². The summed E-state index contributed by atoms with van der Waals surface area (Å²) in [6.07, 6.45) is 3.01. The number of carbonyl (C=O) groups is 3. The van der Waals surface area contributed by atoms with E-state index in [2.05, 4.69) is 0 Å². The molecule has 4 atom stereocenters. The second-order valence-electron chi connectivity index (χ2n) is 6.67. The van der Waals surface area contributed by atoms with Crippen molar-refractivity contribution in [3.8, 4) is 5.75 Å². The monoisotopic (exact) mass is 330 g/mol. The van der Waals surface area contributed by atoms with E-state index in [1.54, 1.807) is 6.92 Å². The van der Waals surface area contributed by atoms with E-state index in [4.69, 9.17) is 9.47 Å². The maximum Gasteiger partial charge on any atom is 0.302 e. The van der Waals surface area contributed by atoms with Crippen molar-refractivity contribution in [3.05, 3.63) is 29.3 Å². The Morgan fingerprint density at radius 3 is 2.79 bits per heavy atom. The van der Waals surface area contributed by atoms with Crippen LogP contribution in [0.15, 0.2) is 18.2 Å². The summed E-state index contributed by atoms with van der Waals surface area (Å²) in [7, 11) is 0. The molecule has 1 aliphatic carbocycles. The minimum absolute atomic E-state index is 0.0605. The Morgan fingerprint density at radius 1 is 1.33 bits per heavy atom. The SMILES string of the molecule is CC(=O)CCCc1cccc2c1O[C@H]1C[C@@H](OC(C)=O)[C@H](C=O)C21. The Balaban J connectivity index is 1.81. The summed E-state index contributed by atoms with van der Waals surface area (Å²) < 4.78 is 11.4. The quantitative estimate of drug-likeness (QED) is 0.592. The van der Waals surface area contributed by atoms with Gasteiger partial charge >= 0.3 is 5.97 Å². The van der Waals surface area contributed by atoms with E-state index in [1.165, 1.54) is 6.92 Å². The molecule has 5 nitrogen and oxygen atoms in total. The van der Waals surface area contributed by atoms with E-state index in [-0.39, 0.29) is 29.7 Å². The second kappa shape index (κ2) is 6.75. The van der Waals surface area contributed by atoms with Gasteiger partial charge in [-0.25, -0.2) is 0 Å². The van der Waals surface area contributed by atoms with Gasteiger partial charge in [0.1, 0.15) is 30.0 Å². The summed E-state index contributed by atoms with van der Waals surface area (Å²) in [4.78, 5) is 34.0. The molecule has 0 saturated heterocycles. The fraction of sp³-hybridized carbons (Fsp3) is 0.526. The summed E-state index contributed by atoms with van der Waals surface area (Å²) in [5.41, 5.74) is 2.10. The van der Waals surface area contributed by atoms with Gasteiger partial charge in [-0.15, -0.1) is 0 Å². The molecule has 1 unspecified atom stereocenters. The lowest BCUT2D eigenvalue weighted by Crippen LogP contribution is -2.24. The van der Waals surface area contributed by atoms with Crippen LogP contribution >= 0.6 is 0 Å². The zero-order chi connectivity index (χ0) is 17.3. The number of hydrogen-bond donors (Lipinski definition) is 0. The number of rotatable bonds is 6. The highest BCUT2D eigenvalue weighted by Crippen LogP contribution is 2.51. The van der Waals surface area contributed by atoms with Crippen molar-refractivity contribution in [2.24, 2.45) is 5.92 Å². The normalized spacial score (nSPS) is 27.1. The minimum atomic E-state index is -0.412. The molecule has 1 heterocycles. The Morgan fingerprint density at radius 2 is 2.12 bits per heavy atom. The maximum absolute atomic E-state index is 11.6. The highest BCUT2D eigenvalue weighted by molar-refractivity contribution is 5.75. The molecule has 3 rings (SSSR count). The number of para-hydroxylation sites is 1. The van der Waals surface area contributed by atoms with Crippen molar-refractivity contribution in [2.75, 3.05) is 0 Å². The molecule has 1 aromatic carbocycles. The number of benzene rings is 1. The van der Waals surface area contributed by atoms with Crippen LogP contribution in [0.2, 0.25) is 0 Å². The second-order valence-corrected chi connectivity index (χ2v) is 6.67. The lowest BCUT2D eigenvalue weighted by molar-refractivity contribution is -0.148. The smallest absolute Gasteiger partial charge is 0.302 e. The number of ether oxygens (including phenoxy) is 2. The number of esters is 1. The standard InChI is InChI=1S/C19H22O5/c1-11(21)5-3-6-13-7-4-8-14-18-15(10-20)16(23-12(2)22)9-17(18)24-19(13)14/h4,7-8,10,15-18H,3,5-6,9H2,1-2H3/t15-,16+,17-,18?/m0/s1. The third-order valence-corrected chi connectivity index (χ3v) is 4.91. The minimum Gasteiger partial charge on any atom is -0.489 e. The van der Waals surface area contributed by atoms with Crippen molar-refractivity contribution < 1.29 is 23.9 Å². The molecule has 0 radical (unpaired) electrons. The number of Topliss-reactive ketones (excluding diaryl/α,β-unsaturated/α-hetero) is 1. The number of carbonyl (C=O) groups excluding carboxylic acids is 3. The molecule has 0 bridgehead atoms. The van der Waals surface area contributed by atoms with Crippen LogP contribution in [-0.4, -0.2) is 30.2 Å². The lowest BCUT2D eigenvalue weighted by Gasteiger charge is -2.18. The molecule has 0 N–H and O–H groups in total. The largest absolute Gasteiger partial charge is 0.489 e. The molecule has 1 fully saturated rings. The molecule has 0 spiro atoms. The molecule has 128 valence electrons. The lowest BCUT2D eigenvalue weighted by atomic mass is 9.87. The van der Waals surface area contributed by atoms with Gasteiger partial charge in [-0.05, 0) is 25.3 Å². The van der Waals surface area contributed by atoms with Gasteiger partial charge in [-0.1, -0.05) is 18.2 Å². The van der Waals surface area contributed by atoms with Gasteiger partial charge < -0.3 is 19.1 Å². The fourth-order valence-electron chi connectivity index (χ4n) is 3.94. The van der Waals surface area contributed by atoms with Crippen molar-refractivity contribution in [1.82, 2.24) is 0 Å². The Labute approximate surface area is 141 Å². The van der Waals surface area contributed by atoms with Crippen molar-refractivity contribution in [1.29, 1.82) is 0 Å². The first kappa shape index (κ1) is 16.7.